The molecule has 1 aliphatic heterocycles. The summed E-state index contributed by atoms with van der Waals surface area (Å²) in [5.41, 5.74) is 0.904. The lowest BCUT2D eigenvalue weighted by Gasteiger charge is -2.43. The predicted octanol–water partition coefficient (Wildman–Crippen LogP) is 2.70. The fourth-order valence-corrected chi connectivity index (χ4v) is 4.42. The Hall–Kier alpha value is -1.77. The summed E-state index contributed by atoms with van der Waals surface area (Å²) in [5.74, 6) is 0.472. The van der Waals surface area contributed by atoms with E-state index in [0.717, 1.165) is 54.2 Å². The van der Waals surface area contributed by atoms with Gasteiger partial charge in [0.05, 0.1) is 12.0 Å². The minimum atomic E-state index is -0.298. The Bertz CT molecular complexity index is 784. The first-order valence-corrected chi connectivity index (χ1v) is 9.70. The number of fused-ring (bicyclic) bond motifs is 1. The number of likely N-dealkylation sites (N-methyl/N-ethyl adjacent to an activating group) is 1. The van der Waals surface area contributed by atoms with Gasteiger partial charge in [0.15, 0.2) is 0 Å². The summed E-state index contributed by atoms with van der Waals surface area (Å²) in [4.78, 5) is 24.6. The van der Waals surface area contributed by atoms with Crippen molar-refractivity contribution in [3.8, 4) is 0 Å². The lowest BCUT2D eigenvalue weighted by molar-refractivity contribution is -0.000653. The zero-order chi connectivity index (χ0) is 18.7. The molecule has 0 amide bonds. The van der Waals surface area contributed by atoms with E-state index < -0.39 is 0 Å². The Morgan fingerprint density at radius 2 is 2.12 bits per heavy atom. The number of thiophene rings is 1. The molecule has 1 saturated heterocycles. The normalized spacial score (nSPS) is 16.8. The summed E-state index contributed by atoms with van der Waals surface area (Å²) in [6.07, 6.45) is 3.48. The van der Waals surface area contributed by atoms with E-state index in [1.165, 1.54) is 11.3 Å². The van der Waals surface area contributed by atoms with Crippen molar-refractivity contribution in [2.24, 2.45) is 0 Å². The van der Waals surface area contributed by atoms with Crippen molar-refractivity contribution in [2.45, 2.75) is 32.2 Å². The Kier molecular flexibility index (Phi) is 5.74. The molecule has 26 heavy (non-hydrogen) atoms. The van der Waals surface area contributed by atoms with Crippen molar-refractivity contribution in [3.05, 3.63) is 16.8 Å². The fourth-order valence-electron chi connectivity index (χ4n) is 3.38. The highest BCUT2D eigenvalue weighted by molar-refractivity contribution is 7.20. The second-order valence-corrected chi connectivity index (χ2v) is 7.76. The number of nitrogens with one attached hydrogen (secondary N) is 1. The molecule has 2 aromatic rings. The van der Waals surface area contributed by atoms with Gasteiger partial charge in [0, 0.05) is 25.3 Å². The molecular weight excluding hydrogens is 352 g/mol. The maximum Gasteiger partial charge on any atom is 0.348 e. The van der Waals surface area contributed by atoms with Crippen molar-refractivity contribution in [1.29, 1.82) is 0 Å². The molecule has 0 spiro atoms. The molecule has 3 heterocycles. The average molecular weight is 378 g/mol. The van der Waals surface area contributed by atoms with Crippen LogP contribution in [0.25, 0.3) is 10.2 Å². The minimum Gasteiger partial charge on any atom is -0.462 e. The highest BCUT2D eigenvalue weighted by Crippen LogP contribution is 2.34. The van der Waals surface area contributed by atoms with Crippen LogP contribution in [0.4, 0.5) is 5.82 Å². The van der Waals surface area contributed by atoms with Gasteiger partial charge in [-0.05, 0) is 46.3 Å². The first-order chi connectivity index (χ1) is 12.5. The van der Waals surface area contributed by atoms with Crippen molar-refractivity contribution in [3.63, 3.8) is 0 Å². The quantitative estimate of drug-likeness (QED) is 0.775. The van der Waals surface area contributed by atoms with E-state index in [9.17, 15) is 4.79 Å². The lowest BCUT2D eigenvalue weighted by Crippen LogP contribution is -2.53. The topological polar surface area (TPSA) is 76.6 Å². The smallest absolute Gasteiger partial charge is 0.348 e. The number of anilines is 1. The monoisotopic (exact) mass is 378 g/mol. The van der Waals surface area contributed by atoms with Crippen LogP contribution in [0.15, 0.2) is 6.33 Å². The van der Waals surface area contributed by atoms with Crippen LogP contribution in [-0.4, -0.2) is 66.8 Å². The number of aryl methyl sites for hydroxylation is 1. The Labute approximate surface area is 157 Å². The Morgan fingerprint density at radius 3 is 2.77 bits per heavy atom. The Morgan fingerprint density at radius 1 is 1.38 bits per heavy atom. The minimum absolute atomic E-state index is 0.0312. The molecule has 0 aliphatic carbocycles. The number of esters is 1. The first-order valence-electron chi connectivity index (χ1n) is 8.89. The standard InChI is InChI=1S/C18H26N4O3S/c1-5-25-17(23)14-12(2)13-15(20-11-21-16(13)26-14)19-10-18(22(3)4)6-8-24-9-7-18/h11H,5-10H2,1-4H3,(H,19,20,21). The summed E-state index contributed by atoms with van der Waals surface area (Å²) < 4.78 is 10.7. The van der Waals surface area contributed by atoms with E-state index >= 15 is 0 Å². The number of nitrogens with zero attached hydrogens (tertiary/aromatic N) is 3. The molecule has 0 bridgehead atoms. The third kappa shape index (κ3) is 3.54. The fraction of sp³-hybridized carbons (Fsp3) is 0.611. The second kappa shape index (κ2) is 7.85. The van der Waals surface area contributed by atoms with Gasteiger partial charge < -0.3 is 19.7 Å². The van der Waals surface area contributed by atoms with Crippen LogP contribution in [0.2, 0.25) is 0 Å². The van der Waals surface area contributed by atoms with Crippen LogP contribution < -0.4 is 5.32 Å². The SMILES string of the molecule is CCOC(=O)c1sc2ncnc(NCC3(N(C)C)CCOCC3)c2c1C. The maximum absolute atomic E-state index is 12.2. The van der Waals surface area contributed by atoms with Gasteiger partial charge in [0.25, 0.3) is 0 Å². The van der Waals surface area contributed by atoms with Gasteiger partial charge in [-0.25, -0.2) is 14.8 Å². The largest absolute Gasteiger partial charge is 0.462 e. The molecule has 7 nitrogen and oxygen atoms in total. The molecule has 0 radical (unpaired) electrons. The van der Waals surface area contributed by atoms with E-state index in [1.54, 1.807) is 6.33 Å². The Balaban J connectivity index is 1.89. The molecule has 0 saturated carbocycles. The van der Waals surface area contributed by atoms with Crippen LogP contribution in [0, 0.1) is 6.92 Å². The predicted molar refractivity (Wildman–Crippen MR) is 103 cm³/mol. The highest BCUT2D eigenvalue weighted by Gasteiger charge is 2.35. The van der Waals surface area contributed by atoms with Gasteiger partial charge in [0.1, 0.15) is 21.9 Å². The number of hydrogen-bond acceptors (Lipinski definition) is 8. The number of ether oxygens (including phenoxy) is 2. The van der Waals surface area contributed by atoms with Crippen LogP contribution in [0.3, 0.4) is 0 Å². The van der Waals surface area contributed by atoms with Crippen molar-refractivity contribution < 1.29 is 14.3 Å². The number of carbonyl (C=O) groups excluding carboxylic acids is 1. The van der Waals surface area contributed by atoms with Crippen LogP contribution in [-0.2, 0) is 9.47 Å². The van der Waals surface area contributed by atoms with Crippen LogP contribution in [0.5, 0.6) is 0 Å². The van der Waals surface area contributed by atoms with E-state index in [1.807, 2.05) is 13.8 Å². The third-order valence-electron chi connectivity index (χ3n) is 5.14. The van der Waals surface area contributed by atoms with E-state index in [-0.39, 0.29) is 11.5 Å². The molecule has 2 aromatic heterocycles. The van der Waals surface area contributed by atoms with Crippen LogP contribution in [0.1, 0.15) is 35.0 Å². The molecular formula is C18H26N4O3S. The number of hydrogen-bond donors (Lipinski definition) is 1. The van der Waals surface area contributed by atoms with Gasteiger partial charge in [-0.2, -0.15) is 0 Å². The lowest BCUT2D eigenvalue weighted by atomic mass is 9.88. The van der Waals surface area contributed by atoms with E-state index in [4.69, 9.17) is 9.47 Å². The molecule has 3 rings (SSSR count). The molecule has 1 aliphatic rings. The average Bonchev–Trinajstić information content (AvgIpc) is 2.98. The highest BCUT2D eigenvalue weighted by atomic mass is 32.1. The molecule has 0 atom stereocenters. The summed E-state index contributed by atoms with van der Waals surface area (Å²) in [6.45, 7) is 6.39. The zero-order valence-corrected chi connectivity index (χ0v) is 16.6. The number of aromatic nitrogens is 2. The molecule has 1 fully saturated rings. The molecule has 1 N–H and O–H groups in total. The zero-order valence-electron chi connectivity index (χ0n) is 15.8. The number of rotatable bonds is 6. The van der Waals surface area contributed by atoms with E-state index in [2.05, 4.69) is 34.3 Å². The van der Waals surface area contributed by atoms with Gasteiger partial charge in [-0.1, -0.05) is 0 Å². The van der Waals surface area contributed by atoms with Crippen molar-refractivity contribution in [1.82, 2.24) is 14.9 Å². The maximum atomic E-state index is 12.2. The molecule has 8 heteroatoms. The van der Waals surface area contributed by atoms with Gasteiger partial charge in [-0.3, -0.25) is 0 Å². The van der Waals surface area contributed by atoms with Crippen molar-refractivity contribution >= 4 is 33.3 Å². The summed E-state index contributed by atoms with van der Waals surface area (Å²) in [6, 6.07) is 0. The van der Waals surface area contributed by atoms with Crippen LogP contribution >= 0.6 is 11.3 Å². The first kappa shape index (κ1) is 19.0. The van der Waals surface area contributed by atoms with Gasteiger partial charge >= 0.3 is 5.97 Å². The summed E-state index contributed by atoms with van der Waals surface area (Å²) >= 11 is 1.36. The van der Waals surface area contributed by atoms with Crippen molar-refractivity contribution in [2.75, 3.05) is 45.8 Å². The summed E-state index contributed by atoms with van der Waals surface area (Å²) in [5, 5.41) is 4.42. The second-order valence-electron chi connectivity index (χ2n) is 6.76. The number of carbonyl (C=O) groups is 1. The molecule has 0 aromatic carbocycles. The van der Waals surface area contributed by atoms with E-state index in [0.29, 0.717) is 11.5 Å². The molecule has 142 valence electrons. The third-order valence-corrected chi connectivity index (χ3v) is 6.32. The van der Waals surface area contributed by atoms with Gasteiger partial charge in [-0.15, -0.1) is 11.3 Å². The van der Waals surface area contributed by atoms with Gasteiger partial charge in [0.2, 0.25) is 0 Å². The summed E-state index contributed by atoms with van der Waals surface area (Å²) in [7, 11) is 4.22. The molecule has 0 unspecified atom stereocenters.